The van der Waals surface area contributed by atoms with Crippen LogP contribution >= 0.6 is 0 Å². The zero-order valence-electron chi connectivity index (χ0n) is 16.5. The van der Waals surface area contributed by atoms with Gasteiger partial charge in [-0.1, -0.05) is 6.07 Å². The van der Waals surface area contributed by atoms with Gasteiger partial charge in [-0.15, -0.1) is 0 Å². The van der Waals surface area contributed by atoms with E-state index in [0.29, 0.717) is 28.3 Å². The molecule has 2 heterocycles. The number of ether oxygens (including phenoxy) is 2. The summed E-state index contributed by atoms with van der Waals surface area (Å²) in [7, 11) is 0. The van der Waals surface area contributed by atoms with Crippen LogP contribution in [0.25, 0.3) is 6.08 Å². The maximum atomic E-state index is 12.9. The molecule has 4 rings (SSSR count). The smallest absolute Gasteiger partial charge is 0.291 e. The van der Waals surface area contributed by atoms with E-state index in [2.05, 4.69) is 10.6 Å². The number of hydrogen-bond donors (Lipinski definition) is 2. The van der Waals surface area contributed by atoms with E-state index in [4.69, 9.17) is 13.9 Å². The molecular weight excluding hydrogens is 400 g/mol. The Morgan fingerprint density at radius 2 is 1.74 bits per heavy atom. The molecule has 0 fully saturated rings. The number of amides is 2. The van der Waals surface area contributed by atoms with Gasteiger partial charge in [0, 0.05) is 11.3 Å². The Hall–Kier alpha value is -4.33. The van der Waals surface area contributed by atoms with Crippen LogP contribution in [0.4, 0.5) is 5.69 Å². The fraction of sp³-hybridized carbons (Fsp3) is 0.0870. The molecule has 0 saturated heterocycles. The largest absolute Gasteiger partial charge is 0.459 e. The first-order valence-corrected chi connectivity index (χ1v) is 9.38. The highest BCUT2D eigenvalue weighted by atomic mass is 16.7. The number of nitrogens with one attached hydrogen (secondary N) is 2. The molecule has 1 aliphatic heterocycles. The molecule has 8 heteroatoms. The number of fused-ring (bicyclic) bond motifs is 1. The van der Waals surface area contributed by atoms with Gasteiger partial charge in [0.25, 0.3) is 11.8 Å². The fourth-order valence-electron chi connectivity index (χ4n) is 2.91. The number of anilines is 1. The third-order valence-electron chi connectivity index (χ3n) is 4.49. The van der Waals surface area contributed by atoms with Crippen molar-refractivity contribution < 1.29 is 28.3 Å². The minimum Gasteiger partial charge on any atom is -0.459 e. The van der Waals surface area contributed by atoms with E-state index in [1.165, 1.54) is 25.3 Å². The maximum absolute atomic E-state index is 12.9. The summed E-state index contributed by atoms with van der Waals surface area (Å²) in [5.41, 5.74) is 1.62. The van der Waals surface area contributed by atoms with Crippen LogP contribution in [0.2, 0.25) is 0 Å². The first-order chi connectivity index (χ1) is 15.0. The first-order valence-electron chi connectivity index (χ1n) is 9.38. The summed E-state index contributed by atoms with van der Waals surface area (Å²) >= 11 is 0. The Morgan fingerprint density at radius 3 is 2.45 bits per heavy atom. The second-order valence-electron chi connectivity index (χ2n) is 6.69. The zero-order valence-corrected chi connectivity index (χ0v) is 16.5. The normalized spacial score (nSPS) is 12.4. The second kappa shape index (κ2) is 8.58. The van der Waals surface area contributed by atoms with Gasteiger partial charge in [-0.05, 0) is 67.1 Å². The van der Waals surface area contributed by atoms with Crippen molar-refractivity contribution in [2.45, 2.75) is 6.92 Å². The third kappa shape index (κ3) is 4.64. The van der Waals surface area contributed by atoms with Crippen molar-refractivity contribution in [3.8, 4) is 11.5 Å². The Morgan fingerprint density at radius 1 is 0.968 bits per heavy atom. The van der Waals surface area contributed by atoms with Gasteiger partial charge in [0.15, 0.2) is 23.0 Å². The summed E-state index contributed by atoms with van der Waals surface area (Å²) in [5.74, 6) is 0.0217. The summed E-state index contributed by atoms with van der Waals surface area (Å²) in [5, 5.41) is 5.29. The number of carbonyl (C=O) groups excluding carboxylic acids is 3. The quantitative estimate of drug-likeness (QED) is 0.468. The summed E-state index contributed by atoms with van der Waals surface area (Å²) < 4.78 is 15.8. The lowest BCUT2D eigenvalue weighted by molar-refractivity contribution is -0.113. The average molecular weight is 418 g/mol. The molecule has 2 aromatic carbocycles. The molecule has 0 atom stereocenters. The van der Waals surface area contributed by atoms with Crippen molar-refractivity contribution >= 4 is 29.4 Å². The van der Waals surface area contributed by atoms with Gasteiger partial charge in [0.1, 0.15) is 5.70 Å². The standard InChI is InChI=1S/C23H18N2O6/c1-14(26)16-5-7-17(8-6-16)24-22(27)18(25-23(28)20-3-2-10-29-20)11-15-4-9-19-21(12-15)31-13-30-19/h2-12H,13H2,1H3,(H,24,27)(H,25,28). The molecule has 0 aliphatic carbocycles. The predicted molar refractivity (Wildman–Crippen MR) is 112 cm³/mol. The third-order valence-corrected chi connectivity index (χ3v) is 4.49. The summed E-state index contributed by atoms with van der Waals surface area (Å²) in [6.45, 7) is 1.59. The van der Waals surface area contributed by atoms with Crippen LogP contribution in [0, 0.1) is 0 Å². The number of ketones is 1. The van der Waals surface area contributed by atoms with E-state index in [9.17, 15) is 14.4 Å². The molecule has 3 aromatic rings. The number of benzene rings is 2. The van der Waals surface area contributed by atoms with Crippen LogP contribution in [0.1, 0.15) is 33.4 Å². The number of Topliss-reactive ketones (excluding diaryl/α,β-unsaturated/α-hetero) is 1. The van der Waals surface area contributed by atoms with Gasteiger partial charge in [-0.25, -0.2) is 0 Å². The van der Waals surface area contributed by atoms with Crippen molar-refractivity contribution in [3.05, 3.63) is 83.4 Å². The summed E-state index contributed by atoms with van der Waals surface area (Å²) in [6, 6.07) is 14.7. The van der Waals surface area contributed by atoms with Crippen LogP contribution in [0.5, 0.6) is 11.5 Å². The van der Waals surface area contributed by atoms with Crippen molar-refractivity contribution in [2.75, 3.05) is 12.1 Å². The SMILES string of the molecule is CC(=O)c1ccc(NC(=O)C(=Cc2ccc3c(c2)OCO3)NC(=O)c2ccco2)cc1. The van der Waals surface area contributed by atoms with Gasteiger partial charge in [-0.2, -0.15) is 0 Å². The van der Waals surface area contributed by atoms with Crippen LogP contribution in [-0.4, -0.2) is 24.4 Å². The lowest BCUT2D eigenvalue weighted by Gasteiger charge is -2.11. The van der Waals surface area contributed by atoms with Crippen molar-refractivity contribution in [1.29, 1.82) is 0 Å². The van der Waals surface area contributed by atoms with Crippen LogP contribution in [0.3, 0.4) is 0 Å². The molecule has 0 unspecified atom stereocenters. The van der Waals surface area contributed by atoms with E-state index in [1.54, 1.807) is 48.5 Å². The highest BCUT2D eigenvalue weighted by molar-refractivity contribution is 6.10. The highest BCUT2D eigenvalue weighted by Gasteiger charge is 2.18. The number of rotatable bonds is 6. The molecule has 31 heavy (non-hydrogen) atoms. The van der Waals surface area contributed by atoms with E-state index >= 15 is 0 Å². The maximum Gasteiger partial charge on any atom is 0.291 e. The Kier molecular flexibility index (Phi) is 5.53. The predicted octanol–water partition coefficient (Wildman–Crippen LogP) is 3.62. The van der Waals surface area contributed by atoms with E-state index in [0.717, 1.165) is 0 Å². The first kappa shape index (κ1) is 20.0. The van der Waals surface area contributed by atoms with Crippen molar-refractivity contribution in [3.63, 3.8) is 0 Å². The van der Waals surface area contributed by atoms with Crippen LogP contribution in [0.15, 0.2) is 71.0 Å². The molecule has 8 nitrogen and oxygen atoms in total. The van der Waals surface area contributed by atoms with E-state index < -0.39 is 11.8 Å². The van der Waals surface area contributed by atoms with Gasteiger partial charge < -0.3 is 24.5 Å². The van der Waals surface area contributed by atoms with E-state index in [1.807, 2.05) is 0 Å². The molecule has 2 N–H and O–H groups in total. The number of hydrogen-bond acceptors (Lipinski definition) is 6. The minimum atomic E-state index is -0.570. The molecule has 156 valence electrons. The van der Waals surface area contributed by atoms with Crippen molar-refractivity contribution in [1.82, 2.24) is 5.32 Å². The number of carbonyl (C=O) groups is 3. The monoisotopic (exact) mass is 418 g/mol. The van der Waals surface area contributed by atoms with Gasteiger partial charge in [0.05, 0.1) is 6.26 Å². The number of furan rings is 1. The Balaban J connectivity index is 1.60. The lowest BCUT2D eigenvalue weighted by atomic mass is 10.1. The summed E-state index contributed by atoms with van der Waals surface area (Å²) in [4.78, 5) is 36.8. The second-order valence-corrected chi connectivity index (χ2v) is 6.69. The fourth-order valence-corrected chi connectivity index (χ4v) is 2.91. The van der Waals surface area contributed by atoms with E-state index in [-0.39, 0.29) is 24.0 Å². The molecule has 0 saturated carbocycles. The molecule has 2 amide bonds. The topological polar surface area (TPSA) is 107 Å². The van der Waals surface area contributed by atoms with Crippen molar-refractivity contribution in [2.24, 2.45) is 0 Å². The minimum absolute atomic E-state index is 0.00379. The Labute approximate surface area is 177 Å². The Bertz CT molecular complexity index is 1160. The van der Waals surface area contributed by atoms with Crippen LogP contribution < -0.4 is 20.1 Å². The highest BCUT2D eigenvalue weighted by Crippen LogP contribution is 2.33. The molecule has 0 spiro atoms. The summed E-state index contributed by atoms with van der Waals surface area (Å²) in [6.07, 6.45) is 2.88. The van der Waals surface area contributed by atoms with Gasteiger partial charge in [0.2, 0.25) is 6.79 Å². The van der Waals surface area contributed by atoms with Crippen LogP contribution in [-0.2, 0) is 4.79 Å². The van der Waals surface area contributed by atoms with Gasteiger partial charge in [-0.3, -0.25) is 14.4 Å². The molecule has 1 aromatic heterocycles. The average Bonchev–Trinajstić information content (AvgIpc) is 3.45. The molecule has 1 aliphatic rings. The van der Waals surface area contributed by atoms with Gasteiger partial charge >= 0.3 is 0 Å². The molecule has 0 bridgehead atoms. The lowest BCUT2D eigenvalue weighted by Crippen LogP contribution is -2.30. The molecular formula is C23H18N2O6. The zero-order chi connectivity index (χ0) is 21.8. The molecule has 0 radical (unpaired) electrons.